The number of nitro groups is 1. The summed E-state index contributed by atoms with van der Waals surface area (Å²) in [6.07, 6.45) is 0. The predicted octanol–water partition coefficient (Wildman–Crippen LogP) is 2.35. The summed E-state index contributed by atoms with van der Waals surface area (Å²) in [4.78, 5) is 9.13. The SMILES string of the molecule is O=[N+]([O-])c1cc(S(=O)(=O)NCc2ccccc2F)ccc1F. The van der Waals surface area contributed by atoms with Gasteiger partial charge in [0.1, 0.15) is 5.82 Å². The maximum absolute atomic E-state index is 13.4. The molecule has 0 spiro atoms. The third-order valence-electron chi connectivity index (χ3n) is 2.84. The molecular weight excluding hydrogens is 318 g/mol. The molecule has 0 aliphatic carbocycles. The first-order valence-electron chi connectivity index (χ1n) is 5.98. The smallest absolute Gasteiger partial charge is 0.258 e. The molecule has 0 aliphatic heterocycles. The van der Waals surface area contributed by atoms with E-state index in [1.807, 2.05) is 0 Å². The predicted molar refractivity (Wildman–Crippen MR) is 73.5 cm³/mol. The van der Waals surface area contributed by atoms with Gasteiger partial charge in [0.25, 0.3) is 0 Å². The van der Waals surface area contributed by atoms with Crippen LogP contribution in [0.3, 0.4) is 0 Å². The van der Waals surface area contributed by atoms with Crippen molar-refractivity contribution in [2.45, 2.75) is 11.4 Å². The van der Waals surface area contributed by atoms with Crippen LogP contribution in [0.25, 0.3) is 0 Å². The summed E-state index contributed by atoms with van der Waals surface area (Å²) in [5, 5.41) is 10.6. The minimum Gasteiger partial charge on any atom is -0.258 e. The van der Waals surface area contributed by atoms with Crippen molar-refractivity contribution in [3.05, 3.63) is 69.8 Å². The van der Waals surface area contributed by atoms with Crippen molar-refractivity contribution in [3.63, 3.8) is 0 Å². The minimum absolute atomic E-state index is 0.114. The van der Waals surface area contributed by atoms with Crippen molar-refractivity contribution in [1.29, 1.82) is 0 Å². The Bertz CT molecular complexity index is 825. The topological polar surface area (TPSA) is 89.3 Å². The summed E-state index contributed by atoms with van der Waals surface area (Å²) in [7, 11) is -4.14. The van der Waals surface area contributed by atoms with Crippen molar-refractivity contribution in [3.8, 4) is 0 Å². The number of rotatable bonds is 5. The average Bonchev–Trinajstić information content (AvgIpc) is 2.46. The van der Waals surface area contributed by atoms with Crippen molar-refractivity contribution >= 4 is 15.7 Å². The molecule has 9 heteroatoms. The average molecular weight is 328 g/mol. The molecule has 0 saturated carbocycles. The summed E-state index contributed by atoms with van der Waals surface area (Å²) >= 11 is 0. The van der Waals surface area contributed by atoms with E-state index in [2.05, 4.69) is 4.72 Å². The van der Waals surface area contributed by atoms with Crippen LogP contribution >= 0.6 is 0 Å². The van der Waals surface area contributed by atoms with Gasteiger partial charge in [0.2, 0.25) is 15.8 Å². The fraction of sp³-hybridized carbons (Fsp3) is 0.0769. The van der Waals surface area contributed by atoms with Gasteiger partial charge >= 0.3 is 5.69 Å². The number of hydrogen-bond acceptors (Lipinski definition) is 4. The van der Waals surface area contributed by atoms with E-state index in [1.54, 1.807) is 0 Å². The first-order chi connectivity index (χ1) is 10.3. The number of benzene rings is 2. The normalized spacial score (nSPS) is 11.4. The molecule has 0 unspecified atom stereocenters. The lowest BCUT2D eigenvalue weighted by molar-refractivity contribution is -0.387. The summed E-state index contributed by atoms with van der Waals surface area (Å²) in [5.41, 5.74) is -0.837. The van der Waals surface area contributed by atoms with E-state index in [0.29, 0.717) is 12.1 Å². The summed E-state index contributed by atoms with van der Waals surface area (Å²) in [6.45, 7) is -0.333. The van der Waals surface area contributed by atoms with Crippen LogP contribution in [0.15, 0.2) is 47.4 Å². The highest BCUT2D eigenvalue weighted by atomic mass is 32.2. The molecule has 0 aromatic heterocycles. The first-order valence-corrected chi connectivity index (χ1v) is 7.46. The Morgan fingerprint density at radius 3 is 2.41 bits per heavy atom. The molecule has 0 radical (unpaired) electrons. The minimum atomic E-state index is -4.14. The summed E-state index contributed by atoms with van der Waals surface area (Å²) < 4.78 is 52.8. The van der Waals surface area contributed by atoms with E-state index in [9.17, 15) is 27.3 Å². The third-order valence-corrected chi connectivity index (χ3v) is 4.23. The molecule has 116 valence electrons. The number of nitrogens with zero attached hydrogens (tertiary/aromatic N) is 1. The lowest BCUT2D eigenvalue weighted by atomic mass is 10.2. The number of halogens is 2. The zero-order valence-electron chi connectivity index (χ0n) is 11.0. The van der Waals surface area contributed by atoms with Gasteiger partial charge in [0, 0.05) is 18.2 Å². The lowest BCUT2D eigenvalue weighted by Gasteiger charge is -2.07. The molecule has 0 fully saturated rings. The van der Waals surface area contributed by atoms with Crippen LogP contribution in [-0.2, 0) is 16.6 Å². The molecule has 0 saturated heterocycles. The molecule has 0 aliphatic rings. The van der Waals surface area contributed by atoms with Crippen LogP contribution in [-0.4, -0.2) is 13.3 Å². The van der Waals surface area contributed by atoms with Crippen LogP contribution in [0, 0.1) is 21.7 Å². The number of sulfonamides is 1. The van der Waals surface area contributed by atoms with E-state index < -0.39 is 37.2 Å². The molecule has 22 heavy (non-hydrogen) atoms. The van der Waals surface area contributed by atoms with Gasteiger partial charge in [-0.3, -0.25) is 10.1 Å². The Labute approximate surface area is 124 Å². The van der Waals surface area contributed by atoms with Gasteiger partial charge in [-0.1, -0.05) is 18.2 Å². The molecule has 0 amide bonds. The number of hydrogen-bond donors (Lipinski definition) is 1. The standard InChI is InChI=1S/C13H10F2N2O4S/c14-11-4-2-1-3-9(11)8-16-22(20,21)10-5-6-12(15)13(7-10)17(18)19/h1-7,16H,8H2. The highest BCUT2D eigenvalue weighted by Crippen LogP contribution is 2.21. The van der Waals surface area contributed by atoms with Gasteiger partial charge in [-0.25, -0.2) is 17.5 Å². The molecule has 1 N–H and O–H groups in total. The maximum atomic E-state index is 13.4. The second-order valence-corrected chi connectivity index (χ2v) is 6.05. The Kier molecular flexibility index (Phi) is 4.48. The highest BCUT2D eigenvalue weighted by molar-refractivity contribution is 7.89. The quantitative estimate of drug-likeness (QED) is 0.674. The van der Waals surface area contributed by atoms with Crippen molar-refractivity contribution in [1.82, 2.24) is 4.72 Å². The molecule has 2 rings (SSSR count). The van der Waals surface area contributed by atoms with Crippen LogP contribution in [0.1, 0.15) is 5.56 Å². The Hall–Kier alpha value is -2.39. The zero-order valence-corrected chi connectivity index (χ0v) is 11.8. The Morgan fingerprint density at radius 1 is 1.09 bits per heavy atom. The van der Waals surface area contributed by atoms with Gasteiger partial charge in [-0.05, 0) is 18.2 Å². The van der Waals surface area contributed by atoms with Gasteiger partial charge < -0.3 is 0 Å². The lowest BCUT2D eigenvalue weighted by Crippen LogP contribution is -2.23. The Balaban J connectivity index is 2.26. The second-order valence-electron chi connectivity index (χ2n) is 4.29. The van der Waals surface area contributed by atoms with Crippen LogP contribution in [0.4, 0.5) is 14.5 Å². The van der Waals surface area contributed by atoms with Gasteiger partial charge in [0.05, 0.1) is 9.82 Å². The largest absolute Gasteiger partial charge is 0.306 e. The summed E-state index contributed by atoms with van der Waals surface area (Å²) in [6, 6.07) is 7.75. The molecule has 2 aromatic rings. The maximum Gasteiger partial charge on any atom is 0.306 e. The molecule has 0 bridgehead atoms. The van der Waals surface area contributed by atoms with Crippen molar-refractivity contribution in [2.24, 2.45) is 0 Å². The molecule has 2 aromatic carbocycles. The van der Waals surface area contributed by atoms with E-state index in [-0.39, 0.29) is 12.1 Å². The van der Waals surface area contributed by atoms with Gasteiger partial charge in [0.15, 0.2) is 0 Å². The van der Waals surface area contributed by atoms with Gasteiger partial charge in [-0.2, -0.15) is 4.39 Å². The van der Waals surface area contributed by atoms with Crippen molar-refractivity contribution < 1.29 is 22.1 Å². The van der Waals surface area contributed by atoms with Crippen LogP contribution in [0.2, 0.25) is 0 Å². The summed E-state index contributed by atoms with van der Waals surface area (Å²) in [5.74, 6) is -1.73. The van der Waals surface area contributed by atoms with E-state index >= 15 is 0 Å². The fourth-order valence-electron chi connectivity index (χ4n) is 1.70. The molecule has 0 atom stereocenters. The zero-order chi connectivity index (χ0) is 16.3. The van der Waals surface area contributed by atoms with Crippen LogP contribution in [0.5, 0.6) is 0 Å². The Morgan fingerprint density at radius 2 is 1.77 bits per heavy atom. The number of nitro benzene ring substituents is 1. The molecule has 0 heterocycles. The van der Waals surface area contributed by atoms with Crippen molar-refractivity contribution in [2.75, 3.05) is 0 Å². The van der Waals surface area contributed by atoms with E-state index in [4.69, 9.17) is 0 Å². The van der Waals surface area contributed by atoms with Gasteiger partial charge in [-0.15, -0.1) is 0 Å². The monoisotopic (exact) mass is 328 g/mol. The van der Waals surface area contributed by atoms with Crippen LogP contribution < -0.4 is 4.72 Å². The third kappa shape index (κ3) is 3.43. The van der Waals surface area contributed by atoms with E-state index in [0.717, 1.165) is 6.07 Å². The fourth-order valence-corrected chi connectivity index (χ4v) is 2.72. The number of nitrogens with one attached hydrogen (secondary N) is 1. The second kappa shape index (κ2) is 6.16. The highest BCUT2D eigenvalue weighted by Gasteiger charge is 2.21. The first kappa shape index (κ1) is 16.0. The molecule has 6 nitrogen and oxygen atoms in total. The molecular formula is C13H10F2N2O4S. The van der Waals surface area contributed by atoms with E-state index in [1.165, 1.54) is 24.3 Å².